The number of benzene rings is 2. The van der Waals surface area contributed by atoms with Crippen LogP contribution in [0.15, 0.2) is 52.3 Å². The van der Waals surface area contributed by atoms with E-state index in [0.29, 0.717) is 5.39 Å². The summed E-state index contributed by atoms with van der Waals surface area (Å²) in [5.74, 6) is -0.169. The first kappa shape index (κ1) is 14.7. The first-order valence-corrected chi connectivity index (χ1v) is 8.47. The smallest absolute Gasteiger partial charge is 0.131 e. The molecule has 1 atom stereocenters. The summed E-state index contributed by atoms with van der Waals surface area (Å²) in [6.07, 6.45) is 0. The molecule has 2 aromatic carbocycles. The molecule has 0 bridgehead atoms. The molecule has 108 valence electrons. The third-order valence-corrected chi connectivity index (χ3v) is 5.19. The van der Waals surface area contributed by atoms with Crippen molar-refractivity contribution in [3.63, 3.8) is 0 Å². The van der Waals surface area contributed by atoms with Crippen molar-refractivity contribution in [1.29, 1.82) is 0 Å². The highest BCUT2D eigenvalue weighted by molar-refractivity contribution is 9.11. The first-order chi connectivity index (χ1) is 10.2. The minimum atomic E-state index is -0.169. The molecular weight excluding hydrogens is 349 g/mol. The van der Waals surface area contributed by atoms with Gasteiger partial charge in [0.1, 0.15) is 5.82 Å². The molecule has 0 aliphatic rings. The molecule has 0 aliphatic carbocycles. The highest BCUT2D eigenvalue weighted by Gasteiger charge is 2.18. The van der Waals surface area contributed by atoms with Gasteiger partial charge in [-0.3, -0.25) is 0 Å². The number of hydrogen-bond acceptors (Lipinski definition) is 2. The fraction of sp³-hybridized carbons (Fsp3) is 0.176. The Morgan fingerprint density at radius 1 is 1.10 bits per heavy atom. The van der Waals surface area contributed by atoms with Crippen LogP contribution in [0.2, 0.25) is 0 Å². The van der Waals surface area contributed by atoms with E-state index in [-0.39, 0.29) is 11.9 Å². The second kappa shape index (κ2) is 6.26. The van der Waals surface area contributed by atoms with Crippen molar-refractivity contribution >= 4 is 38.0 Å². The molecule has 3 aromatic rings. The molecule has 0 aliphatic heterocycles. The summed E-state index contributed by atoms with van der Waals surface area (Å²) < 4.78 is 15.1. The predicted octanol–water partition coefficient (Wildman–Crippen LogP) is 5.50. The summed E-state index contributed by atoms with van der Waals surface area (Å²) >= 11 is 5.22. The number of halogens is 2. The quantitative estimate of drug-likeness (QED) is 0.644. The van der Waals surface area contributed by atoms with E-state index in [4.69, 9.17) is 0 Å². The van der Waals surface area contributed by atoms with Gasteiger partial charge in [-0.05, 0) is 51.6 Å². The third kappa shape index (κ3) is 2.89. The van der Waals surface area contributed by atoms with E-state index >= 15 is 0 Å². The topological polar surface area (TPSA) is 12.0 Å². The van der Waals surface area contributed by atoms with Crippen LogP contribution < -0.4 is 5.32 Å². The van der Waals surface area contributed by atoms with Crippen LogP contribution in [0.1, 0.15) is 23.4 Å². The van der Waals surface area contributed by atoms with E-state index in [1.165, 1.54) is 4.88 Å². The van der Waals surface area contributed by atoms with Crippen LogP contribution in [0.3, 0.4) is 0 Å². The zero-order chi connectivity index (χ0) is 14.8. The lowest BCUT2D eigenvalue weighted by Crippen LogP contribution is -2.21. The molecule has 21 heavy (non-hydrogen) atoms. The highest BCUT2D eigenvalue weighted by Crippen LogP contribution is 2.35. The molecule has 1 unspecified atom stereocenters. The van der Waals surface area contributed by atoms with Gasteiger partial charge in [0.2, 0.25) is 0 Å². The van der Waals surface area contributed by atoms with Crippen molar-refractivity contribution in [2.45, 2.75) is 13.0 Å². The summed E-state index contributed by atoms with van der Waals surface area (Å²) in [6.45, 7) is 2.94. The Morgan fingerprint density at radius 3 is 2.52 bits per heavy atom. The number of rotatable bonds is 4. The van der Waals surface area contributed by atoms with Gasteiger partial charge in [-0.2, -0.15) is 0 Å². The maximum absolute atomic E-state index is 14.0. The molecular formula is C17H15BrFNS. The molecule has 1 heterocycles. The number of thiophene rings is 1. The van der Waals surface area contributed by atoms with Gasteiger partial charge in [0.25, 0.3) is 0 Å². The van der Waals surface area contributed by atoms with Crippen molar-refractivity contribution in [1.82, 2.24) is 5.32 Å². The molecule has 0 saturated carbocycles. The van der Waals surface area contributed by atoms with Gasteiger partial charge < -0.3 is 5.32 Å². The lowest BCUT2D eigenvalue weighted by molar-refractivity contribution is 0.629. The zero-order valence-corrected chi connectivity index (χ0v) is 14.0. The fourth-order valence-corrected chi connectivity index (χ4v) is 4.11. The molecule has 0 amide bonds. The van der Waals surface area contributed by atoms with Crippen LogP contribution >= 0.6 is 27.3 Å². The van der Waals surface area contributed by atoms with Gasteiger partial charge in [0, 0.05) is 10.3 Å². The van der Waals surface area contributed by atoms with E-state index in [0.717, 1.165) is 21.3 Å². The van der Waals surface area contributed by atoms with Crippen molar-refractivity contribution in [2.75, 3.05) is 6.54 Å². The lowest BCUT2D eigenvalue weighted by atomic mass is 9.97. The Hall–Kier alpha value is -1.23. The summed E-state index contributed by atoms with van der Waals surface area (Å²) in [5.41, 5.74) is 1.11. The van der Waals surface area contributed by atoms with Gasteiger partial charge in [0.15, 0.2) is 0 Å². The molecule has 0 fully saturated rings. The second-order valence-corrected chi connectivity index (χ2v) is 7.31. The molecule has 1 N–H and O–H groups in total. The van der Waals surface area contributed by atoms with Gasteiger partial charge in [-0.15, -0.1) is 11.3 Å². The van der Waals surface area contributed by atoms with Crippen LogP contribution in [-0.4, -0.2) is 6.54 Å². The average molecular weight is 364 g/mol. The van der Waals surface area contributed by atoms with Gasteiger partial charge in [-0.25, -0.2) is 4.39 Å². The van der Waals surface area contributed by atoms with Crippen LogP contribution in [0.5, 0.6) is 0 Å². The largest absolute Gasteiger partial charge is 0.306 e. The molecule has 0 saturated heterocycles. The standard InChI is InChI=1S/C17H15BrFNS/c1-2-20-17(15-9-10-16(18)21-15)13-7-8-14(19)12-6-4-3-5-11(12)13/h3-10,17,20H,2H2,1H3. The molecule has 3 rings (SSSR count). The van der Waals surface area contributed by atoms with E-state index in [9.17, 15) is 4.39 Å². The lowest BCUT2D eigenvalue weighted by Gasteiger charge is -2.19. The number of fused-ring (bicyclic) bond motifs is 1. The first-order valence-electron chi connectivity index (χ1n) is 6.86. The Labute approximate surface area is 135 Å². The summed E-state index contributed by atoms with van der Waals surface area (Å²) in [5, 5.41) is 5.15. The molecule has 1 nitrogen and oxygen atoms in total. The maximum atomic E-state index is 14.0. The van der Waals surface area contributed by atoms with Crippen LogP contribution in [0.4, 0.5) is 4.39 Å². The third-order valence-electron chi connectivity index (χ3n) is 3.50. The summed E-state index contributed by atoms with van der Waals surface area (Å²) in [7, 11) is 0. The van der Waals surface area contributed by atoms with E-state index in [1.807, 2.05) is 30.3 Å². The van der Waals surface area contributed by atoms with Crippen molar-refractivity contribution in [2.24, 2.45) is 0 Å². The molecule has 0 radical (unpaired) electrons. The normalized spacial score (nSPS) is 12.7. The summed E-state index contributed by atoms with van der Waals surface area (Å²) in [6, 6.07) is 15.3. The number of hydrogen-bond donors (Lipinski definition) is 1. The van der Waals surface area contributed by atoms with Gasteiger partial charge in [-0.1, -0.05) is 37.3 Å². The molecule has 1 aromatic heterocycles. The molecule has 4 heteroatoms. The van der Waals surface area contributed by atoms with Crippen molar-refractivity contribution in [3.05, 3.63) is 68.6 Å². The minimum absolute atomic E-state index is 0.0804. The van der Waals surface area contributed by atoms with Gasteiger partial charge in [0.05, 0.1) is 9.83 Å². The van der Waals surface area contributed by atoms with Gasteiger partial charge >= 0.3 is 0 Å². The fourth-order valence-electron chi connectivity index (χ4n) is 2.59. The van der Waals surface area contributed by atoms with E-state index in [2.05, 4.69) is 40.3 Å². The van der Waals surface area contributed by atoms with Crippen LogP contribution in [0.25, 0.3) is 10.8 Å². The second-order valence-electron chi connectivity index (χ2n) is 4.81. The number of nitrogens with one attached hydrogen (secondary N) is 1. The van der Waals surface area contributed by atoms with Crippen molar-refractivity contribution < 1.29 is 4.39 Å². The Morgan fingerprint density at radius 2 is 1.86 bits per heavy atom. The van der Waals surface area contributed by atoms with E-state index < -0.39 is 0 Å². The van der Waals surface area contributed by atoms with Crippen LogP contribution in [-0.2, 0) is 0 Å². The Bertz CT molecular complexity index is 768. The zero-order valence-electron chi connectivity index (χ0n) is 11.6. The predicted molar refractivity (Wildman–Crippen MR) is 91.4 cm³/mol. The minimum Gasteiger partial charge on any atom is -0.306 e. The van der Waals surface area contributed by atoms with Crippen LogP contribution in [0, 0.1) is 5.82 Å². The highest BCUT2D eigenvalue weighted by atomic mass is 79.9. The van der Waals surface area contributed by atoms with Crippen molar-refractivity contribution in [3.8, 4) is 0 Å². The average Bonchev–Trinajstić information content (AvgIpc) is 2.92. The Kier molecular flexibility index (Phi) is 4.38. The van der Waals surface area contributed by atoms with E-state index in [1.54, 1.807) is 17.4 Å². The summed E-state index contributed by atoms with van der Waals surface area (Å²) in [4.78, 5) is 1.22. The maximum Gasteiger partial charge on any atom is 0.131 e. The monoisotopic (exact) mass is 363 g/mol. The SMILES string of the molecule is CCNC(c1ccc(Br)s1)c1ccc(F)c2ccccc12. The molecule has 0 spiro atoms. The Balaban J connectivity index is 2.18.